The lowest BCUT2D eigenvalue weighted by Gasteiger charge is -2.23. The zero-order valence-electron chi connectivity index (χ0n) is 17.5. The van der Waals surface area contributed by atoms with Crippen molar-refractivity contribution in [3.05, 3.63) is 65.5 Å². The second-order valence-corrected chi connectivity index (χ2v) is 7.61. The zero-order valence-corrected chi connectivity index (χ0v) is 17.5. The van der Waals surface area contributed by atoms with E-state index >= 15 is 0 Å². The summed E-state index contributed by atoms with van der Waals surface area (Å²) in [5.41, 5.74) is 2.88. The lowest BCUT2D eigenvalue weighted by molar-refractivity contribution is 0.256. The molecule has 1 aromatic heterocycles. The van der Waals surface area contributed by atoms with E-state index in [1.807, 2.05) is 55.5 Å². The van der Waals surface area contributed by atoms with Crippen molar-refractivity contribution in [2.24, 2.45) is 0 Å². The Labute approximate surface area is 176 Å². The minimum atomic E-state index is -0.228. The summed E-state index contributed by atoms with van der Waals surface area (Å²) < 4.78 is 7.34. The van der Waals surface area contributed by atoms with Crippen molar-refractivity contribution in [1.82, 2.24) is 14.8 Å². The Morgan fingerprint density at radius 1 is 1.07 bits per heavy atom. The third-order valence-corrected chi connectivity index (χ3v) is 5.38. The van der Waals surface area contributed by atoms with E-state index in [1.165, 1.54) is 0 Å². The third-order valence-electron chi connectivity index (χ3n) is 5.38. The number of nitrogens with one attached hydrogen (secondary N) is 1. The number of ether oxygens (including phenoxy) is 1. The summed E-state index contributed by atoms with van der Waals surface area (Å²) in [7, 11) is 1.64. The minimum absolute atomic E-state index is 0.228. The normalized spacial score (nSPS) is 13.3. The molecule has 156 valence electrons. The first-order chi connectivity index (χ1) is 14.6. The molecule has 0 atom stereocenters. The molecule has 7 heteroatoms. The predicted molar refractivity (Wildman–Crippen MR) is 117 cm³/mol. The smallest absolute Gasteiger partial charge is 0.329 e. The Morgan fingerprint density at radius 3 is 2.57 bits per heavy atom. The number of hydrogen-bond acceptors (Lipinski definition) is 4. The van der Waals surface area contributed by atoms with E-state index in [1.54, 1.807) is 12.0 Å². The lowest BCUT2D eigenvalue weighted by Crippen LogP contribution is -2.36. The van der Waals surface area contributed by atoms with Crippen LogP contribution < -0.4 is 15.0 Å². The van der Waals surface area contributed by atoms with Crippen molar-refractivity contribution in [3.63, 3.8) is 0 Å². The molecular weight excluding hydrogens is 378 g/mol. The molecule has 0 radical (unpaired) electrons. The van der Waals surface area contributed by atoms with Gasteiger partial charge >= 0.3 is 6.03 Å². The number of aryl methyl sites for hydroxylation is 2. The van der Waals surface area contributed by atoms with Gasteiger partial charge in [-0.15, -0.1) is 10.2 Å². The summed E-state index contributed by atoms with van der Waals surface area (Å²) >= 11 is 0. The SMILES string of the molecule is COc1ccc(CN(C(=O)Nc2ccc(C)cc2)c2nnc3n2CCCCC3)cc1. The zero-order chi connectivity index (χ0) is 20.9. The maximum Gasteiger partial charge on any atom is 0.329 e. The van der Waals surface area contributed by atoms with E-state index in [9.17, 15) is 4.79 Å². The second-order valence-electron chi connectivity index (χ2n) is 7.61. The molecule has 7 nitrogen and oxygen atoms in total. The van der Waals surface area contributed by atoms with E-state index in [0.29, 0.717) is 12.5 Å². The maximum absolute atomic E-state index is 13.3. The van der Waals surface area contributed by atoms with Crippen LogP contribution in [-0.2, 0) is 19.5 Å². The molecule has 0 unspecified atom stereocenters. The van der Waals surface area contributed by atoms with Gasteiger partial charge in [-0.05, 0) is 49.6 Å². The number of benzene rings is 2. The van der Waals surface area contributed by atoms with Crippen LogP contribution in [0.3, 0.4) is 0 Å². The number of amides is 2. The van der Waals surface area contributed by atoms with Gasteiger partial charge in [0, 0.05) is 18.7 Å². The first kappa shape index (κ1) is 19.9. The number of hydrogen-bond donors (Lipinski definition) is 1. The van der Waals surface area contributed by atoms with Crippen LogP contribution in [0.2, 0.25) is 0 Å². The Bertz CT molecular complexity index is 995. The molecule has 30 heavy (non-hydrogen) atoms. The molecule has 1 aliphatic rings. The molecule has 4 rings (SSSR count). The molecule has 2 amide bonds. The highest BCUT2D eigenvalue weighted by atomic mass is 16.5. The first-order valence-corrected chi connectivity index (χ1v) is 10.3. The molecule has 2 aromatic carbocycles. The summed E-state index contributed by atoms with van der Waals surface area (Å²) in [6, 6.07) is 15.3. The van der Waals surface area contributed by atoms with Gasteiger partial charge in [-0.25, -0.2) is 4.79 Å². The molecule has 0 bridgehead atoms. The van der Waals surface area contributed by atoms with Gasteiger partial charge in [0.25, 0.3) is 0 Å². The Balaban J connectivity index is 1.64. The Kier molecular flexibility index (Phi) is 5.97. The highest BCUT2D eigenvalue weighted by Gasteiger charge is 2.25. The van der Waals surface area contributed by atoms with E-state index in [0.717, 1.165) is 60.6 Å². The summed E-state index contributed by atoms with van der Waals surface area (Å²) in [5.74, 6) is 2.32. The topological polar surface area (TPSA) is 72.3 Å². The van der Waals surface area contributed by atoms with Crippen LogP contribution in [0.15, 0.2) is 48.5 Å². The average molecular weight is 406 g/mol. The van der Waals surface area contributed by atoms with Crippen molar-refractivity contribution in [2.45, 2.75) is 45.7 Å². The summed E-state index contributed by atoms with van der Waals surface area (Å²) in [4.78, 5) is 15.0. The first-order valence-electron chi connectivity index (χ1n) is 10.3. The average Bonchev–Trinajstić information content (AvgIpc) is 3.01. The second kappa shape index (κ2) is 8.98. The number of methoxy groups -OCH3 is 1. The van der Waals surface area contributed by atoms with Crippen LogP contribution in [0.4, 0.5) is 16.4 Å². The Morgan fingerprint density at radius 2 is 1.83 bits per heavy atom. The maximum atomic E-state index is 13.3. The number of anilines is 2. The van der Waals surface area contributed by atoms with Gasteiger partial charge in [0.2, 0.25) is 5.95 Å². The van der Waals surface area contributed by atoms with Crippen LogP contribution in [0.25, 0.3) is 0 Å². The van der Waals surface area contributed by atoms with Gasteiger partial charge < -0.3 is 10.1 Å². The van der Waals surface area contributed by atoms with Crippen molar-refractivity contribution in [1.29, 1.82) is 0 Å². The van der Waals surface area contributed by atoms with Crippen LogP contribution >= 0.6 is 0 Å². The fourth-order valence-corrected chi connectivity index (χ4v) is 3.64. The minimum Gasteiger partial charge on any atom is -0.497 e. The van der Waals surface area contributed by atoms with Gasteiger partial charge in [-0.1, -0.05) is 36.2 Å². The van der Waals surface area contributed by atoms with Crippen molar-refractivity contribution >= 4 is 17.7 Å². The molecule has 2 heterocycles. The lowest BCUT2D eigenvalue weighted by atomic mass is 10.2. The highest BCUT2D eigenvalue weighted by Crippen LogP contribution is 2.23. The van der Waals surface area contributed by atoms with E-state index < -0.39 is 0 Å². The number of fused-ring (bicyclic) bond motifs is 1. The number of aromatic nitrogens is 3. The number of urea groups is 1. The van der Waals surface area contributed by atoms with Crippen molar-refractivity contribution in [3.8, 4) is 5.75 Å². The number of carbonyl (C=O) groups is 1. The fraction of sp³-hybridized carbons (Fsp3) is 0.348. The van der Waals surface area contributed by atoms with Crippen molar-refractivity contribution < 1.29 is 9.53 Å². The standard InChI is InChI=1S/C23H27N5O2/c1-17-7-11-19(12-8-17)24-23(29)28(16-18-9-13-20(30-2)14-10-18)22-26-25-21-6-4-3-5-15-27(21)22/h7-14H,3-6,15-16H2,1-2H3,(H,24,29). The quantitative estimate of drug-likeness (QED) is 0.675. The summed E-state index contributed by atoms with van der Waals surface area (Å²) in [5, 5.41) is 11.8. The summed E-state index contributed by atoms with van der Waals surface area (Å²) in [6.45, 7) is 3.24. The van der Waals surface area contributed by atoms with Gasteiger partial charge in [0.05, 0.1) is 13.7 Å². The van der Waals surface area contributed by atoms with Gasteiger partial charge in [0.1, 0.15) is 11.6 Å². The molecule has 0 aliphatic carbocycles. The van der Waals surface area contributed by atoms with Crippen LogP contribution in [0.5, 0.6) is 5.75 Å². The molecule has 0 spiro atoms. The van der Waals surface area contributed by atoms with Crippen LogP contribution in [0, 0.1) is 6.92 Å². The van der Waals surface area contributed by atoms with Crippen LogP contribution in [-0.4, -0.2) is 27.9 Å². The van der Waals surface area contributed by atoms with Gasteiger partial charge in [-0.3, -0.25) is 9.47 Å². The monoisotopic (exact) mass is 405 g/mol. The van der Waals surface area contributed by atoms with E-state index in [4.69, 9.17) is 4.74 Å². The highest BCUT2D eigenvalue weighted by molar-refractivity contribution is 6.00. The molecule has 0 saturated heterocycles. The molecule has 1 aliphatic heterocycles. The largest absolute Gasteiger partial charge is 0.497 e. The Hall–Kier alpha value is -3.35. The number of nitrogens with zero attached hydrogens (tertiary/aromatic N) is 4. The predicted octanol–water partition coefficient (Wildman–Crippen LogP) is 4.56. The van der Waals surface area contributed by atoms with Gasteiger partial charge in [-0.2, -0.15) is 0 Å². The third kappa shape index (κ3) is 4.45. The molecule has 1 N–H and O–H groups in total. The van der Waals surface area contributed by atoms with Gasteiger partial charge in [0.15, 0.2) is 0 Å². The number of rotatable bonds is 5. The molecular formula is C23H27N5O2. The molecule has 3 aromatic rings. The summed E-state index contributed by atoms with van der Waals surface area (Å²) in [6.07, 6.45) is 4.22. The molecule has 0 fully saturated rings. The number of carbonyl (C=O) groups excluding carboxylic acids is 1. The molecule has 0 saturated carbocycles. The van der Waals surface area contributed by atoms with E-state index in [-0.39, 0.29) is 6.03 Å². The fourth-order valence-electron chi connectivity index (χ4n) is 3.64. The van der Waals surface area contributed by atoms with Crippen molar-refractivity contribution in [2.75, 3.05) is 17.3 Å². The van der Waals surface area contributed by atoms with E-state index in [2.05, 4.69) is 20.1 Å². The van der Waals surface area contributed by atoms with Crippen LogP contribution in [0.1, 0.15) is 36.2 Å².